The van der Waals surface area contributed by atoms with Gasteiger partial charge in [-0.2, -0.15) is 5.10 Å². The van der Waals surface area contributed by atoms with Gasteiger partial charge in [0, 0.05) is 11.1 Å². The number of rotatable bonds is 5. The number of nitrogen functional groups attached to an aromatic ring is 1. The van der Waals surface area contributed by atoms with E-state index in [9.17, 15) is 4.79 Å². The molecular weight excluding hydrogens is 477 g/mol. The number of benzene rings is 2. The molecule has 0 fully saturated rings. The summed E-state index contributed by atoms with van der Waals surface area (Å²) in [6.45, 7) is 0.529. The fourth-order valence-corrected chi connectivity index (χ4v) is 4.32. The van der Waals surface area contributed by atoms with Gasteiger partial charge in [-0.3, -0.25) is 4.79 Å². The lowest BCUT2D eigenvalue weighted by Gasteiger charge is -2.14. The van der Waals surface area contributed by atoms with Gasteiger partial charge < -0.3 is 10.6 Å². The minimum absolute atomic E-state index is 0.178. The van der Waals surface area contributed by atoms with Crippen LogP contribution >= 0.6 is 23.2 Å². The molecule has 9 nitrogen and oxygen atoms in total. The molecule has 0 unspecified atom stereocenters. The van der Waals surface area contributed by atoms with Crippen LogP contribution in [-0.2, 0) is 6.54 Å². The highest BCUT2D eigenvalue weighted by Gasteiger charge is 2.20. The Kier molecular flexibility index (Phi) is 5.64. The molecule has 0 aliphatic heterocycles. The fourth-order valence-electron chi connectivity index (χ4n) is 3.72. The minimum Gasteiger partial charge on any atom is -0.412 e. The number of nitrogens with zero attached hydrogens (tertiary/aromatic N) is 6. The topological polar surface area (TPSA) is 114 Å². The highest BCUT2D eigenvalue weighted by molar-refractivity contribution is 6.39. The molecule has 5 aromatic rings. The zero-order valence-corrected chi connectivity index (χ0v) is 19.3. The van der Waals surface area contributed by atoms with Gasteiger partial charge in [0.25, 0.3) is 5.56 Å². The zero-order chi connectivity index (χ0) is 23.8. The van der Waals surface area contributed by atoms with E-state index in [-0.39, 0.29) is 17.0 Å². The van der Waals surface area contributed by atoms with Crippen molar-refractivity contribution in [1.29, 1.82) is 0 Å². The van der Waals surface area contributed by atoms with Crippen LogP contribution in [-0.4, -0.2) is 36.6 Å². The number of fused-ring (bicyclic) bond motifs is 1. The van der Waals surface area contributed by atoms with Gasteiger partial charge in [-0.05, 0) is 29.8 Å². The van der Waals surface area contributed by atoms with Crippen LogP contribution in [0.5, 0.6) is 0 Å². The second kappa shape index (κ2) is 8.77. The Bertz CT molecular complexity index is 1560. The Labute approximate surface area is 203 Å². The smallest absolute Gasteiger partial charge is 0.293 e. The summed E-state index contributed by atoms with van der Waals surface area (Å²) in [6, 6.07) is 14.2. The molecule has 34 heavy (non-hydrogen) atoms. The normalized spacial score (nSPS) is 11.1. The van der Waals surface area contributed by atoms with Crippen molar-refractivity contribution in [2.75, 3.05) is 12.8 Å². The van der Waals surface area contributed by atoms with Gasteiger partial charge in [-0.15, -0.1) is 4.73 Å². The maximum absolute atomic E-state index is 13.3. The van der Waals surface area contributed by atoms with Crippen molar-refractivity contribution in [2.24, 2.45) is 0 Å². The number of anilines is 1. The van der Waals surface area contributed by atoms with E-state index in [0.717, 1.165) is 15.9 Å². The Balaban J connectivity index is 1.68. The molecule has 0 radical (unpaired) electrons. The van der Waals surface area contributed by atoms with Crippen molar-refractivity contribution in [3.05, 3.63) is 87.1 Å². The summed E-state index contributed by atoms with van der Waals surface area (Å²) in [5, 5.41) is 5.21. The van der Waals surface area contributed by atoms with Crippen LogP contribution in [0.3, 0.4) is 0 Å². The third-order valence-electron chi connectivity index (χ3n) is 5.26. The van der Waals surface area contributed by atoms with Gasteiger partial charge in [0.1, 0.15) is 25.6 Å². The molecule has 0 spiro atoms. The van der Waals surface area contributed by atoms with Gasteiger partial charge in [0.15, 0.2) is 11.5 Å². The first-order valence-corrected chi connectivity index (χ1v) is 10.9. The molecular formula is C23H17Cl2N7O2. The number of nitrogens with two attached hydrogens (primary N) is 1. The van der Waals surface area contributed by atoms with E-state index in [1.165, 1.54) is 13.4 Å². The summed E-state index contributed by atoms with van der Waals surface area (Å²) in [4.78, 5) is 31.8. The van der Waals surface area contributed by atoms with Gasteiger partial charge in [0.05, 0.1) is 27.5 Å². The molecule has 11 heteroatoms. The molecule has 0 aliphatic carbocycles. The third-order valence-corrected chi connectivity index (χ3v) is 5.89. The molecule has 0 atom stereocenters. The number of hydrogen-bond acceptors (Lipinski definition) is 7. The summed E-state index contributed by atoms with van der Waals surface area (Å²) in [5.74, 6) is 0.524. The molecule has 0 saturated carbocycles. The standard InChI is InChI=1S/C23H17Cl2N7O2/c1-34-32-22-16(9-15(23(32)33)19-17(24)6-3-7-18(19)25)20(26)29-21(30-22)14-5-2-4-13(8-14)10-31-12-27-11-28-31/h2-9,11-12H,10H2,1H3,(H2,26,29,30). The SMILES string of the molecule is COn1c(=O)c(-c2c(Cl)cccc2Cl)cc2c(N)nc(-c3cccc(Cn4cncn4)c3)nc21. The Morgan fingerprint density at radius 3 is 2.53 bits per heavy atom. The lowest BCUT2D eigenvalue weighted by molar-refractivity contribution is 0.168. The van der Waals surface area contributed by atoms with E-state index in [0.29, 0.717) is 33.4 Å². The lowest BCUT2D eigenvalue weighted by Crippen LogP contribution is -2.27. The first-order chi connectivity index (χ1) is 16.5. The van der Waals surface area contributed by atoms with Crippen LogP contribution in [0.1, 0.15) is 5.56 Å². The van der Waals surface area contributed by atoms with Gasteiger partial charge in [-0.1, -0.05) is 47.5 Å². The van der Waals surface area contributed by atoms with E-state index in [1.807, 2.05) is 24.3 Å². The van der Waals surface area contributed by atoms with Crippen molar-refractivity contribution < 1.29 is 4.84 Å². The summed E-state index contributed by atoms with van der Waals surface area (Å²) in [7, 11) is 1.37. The largest absolute Gasteiger partial charge is 0.412 e. The molecule has 3 aromatic heterocycles. The van der Waals surface area contributed by atoms with E-state index >= 15 is 0 Å². The van der Waals surface area contributed by atoms with Crippen molar-refractivity contribution in [3.8, 4) is 22.5 Å². The van der Waals surface area contributed by atoms with E-state index in [1.54, 1.807) is 35.3 Å². The summed E-state index contributed by atoms with van der Waals surface area (Å²) < 4.78 is 2.77. The molecule has 2 aromatic carbocycles. The molecule has 0 aliphatic rings. The number of aromatic nitrogens is 6. The molecule has 0 saturated heterocycles. The molecule has 3 heterocycles. The van der Waals surface area contributed by atoms with Crippen LogP contribution in [0.4, 0.5) is 5.82 Å². The molecule has 2 N–H and O–H groups in total. The maximum Gasteiger partial charge on any atom is 0.293 e. The Hall–Kier alpha value is -3.95. The predicted molar refractivity (Wildman–Crippen MR) is 131 cm³/mol. The molecule has 5 rings (SSSR count). The van der Waals surface area contributed by atoms with Crippen LogP contribution < -0.4 is 16.1 Å². The van der Waals surface area contributed by atoms with E-state index in [4.69, 9.17) is 33.8 Å². The van der Waals surface area contributed by atoms with Gasteiger partial charge >= 0.3 is 0 Å². The van der Waals surface area contributed by atoms with Crippen LogP contribution in [0, 0.1) is 0 Å². The van der Waals surface area contributed by atoms with Crippen LogP contribution in [0.15, 0.2) is 66.0 Å². The van der Waals surface area contributed by atoms with Crippen molar-refractivity contribution in [1.82, 2.24) is 29.5 Å². The van der Waals surface area contributed by atoms with Crippen molar-refractivity contribution in [2.45, 2.75) is 6.54 Å². The maximum atomic E-state index is 13.3. The summed E-state index contributed by atoms with van der Waals surface area (Å²) in [6.07, 6.45) is 3.11. The lowest BCUT2D eigenvalue weighted by atomic mass is 10.1. The monoisotopic (exact) mass is 493 g/mol. The molecule has 170 valence electrons. The summed E-state index contributed by atoms with van der Waals surface area (Å²) in [5.41, 5.74) is 8.38. The second-order valence-electron chi connectivity index (χ2n) is 7.40. The van der Waals surface area contributed by atoms with Crippen molar-refractivity contribution in [3.63, 3.8) is 0 Å². The average Bonchev–Trinajstić information content (AvgIpc) is 3.33. The van der Waals surface area contributed by atoms with Gasteiger partial charge in [0.2, 0.25) is 0 Å². The quantitative estimate of drug-likeness (QED) is 0.396. The number of hydrogen-bond donors (Lipinski definition) is 1. The highest BCUT2D eigenvalue weighted by atomic mass is 35.5. The Morgan fingerprint density at radius 2 is 1.82 bits per heavy atom. The van der Waals surface area contributed by atoms with Gasteiger partial charge in [-0.25, -0.2) is 19.6 Å². The minimum atomic E-state index is -0.478. The summed E-state index contributed by atoms with van der Waals surface area (Å²) >= 11 is 12.7. The first-order valence-electron chi connectivity index (χ1n) is 10.1. The molecule has 0 bridgehead atoms. The zero-order valence-electron chi connectivity index (χ0n) is 17.8. The van der Waals surface area contributed by atoms with E-state index < -0.39 is 5.56 Å². The second-order valence-corrected chi connectivity index (χ2v) is 8.21. The van der Waals surface area contributed by atoms with E-state index in [2.05, 4.69) is 20.1 Å². The predicted octanol–water partition coefficient (Wildman–Crippen LogP) is 3.71. The Morgan fingerprint density at radius 1 is 1.06 bits per heavy atom. The average molecular weight is 494 g/mol. The van der Waals surface area contributed by atoms with Crippen LogP contribution in [0.2, 0.25) is 10.0 Å². The fraction of sp³-hybridized carbons (Fsp3) is 0.0870. The molecule has 0 amide bonds. The van der Waals surface area contributed by atoms with Crippen molar-refractivity contribution >= 4 is 40.1 Å². The first kappa shape index (κ1) is 21.9. The van der Waals surface area contributed by atoms with Crippen LogP contribution in [0.25, 0.3) is 33.5 Å². The number of halogens is 2. The third kappa shape index (κ3) is 3.85. The highest BCUT2D eigenvalue weighted by Crippen LogP contribution is 2.34. The number of pyridine rings is 1.